The predicted molar refractivity (Wildman–Crippen MR) is 118 cm³/mol. The quantitative estimate of drug-likeness (QED) is 0.575. The molecular weight excluding hydrogens is 386 g/mol. The molecule has 0 aliphatic carbocycles. The van der Waals surface area contributed by atoms with Crippen LogP contribution in [0, 0.1) is 6.92 Å². The van der Waals surface area contributed by atoms with Gasteiger partial charge in [-0.2, -0.15) is 5.10 Å². The molecule has 0 amide bonds. The maximum atomic E-state index is 11.7. The van der Waals surface area contributed by atoms with Crippen molar-refractivity contribution in [3.63, 3.8) is 0 Å². The Hall–Kier alpha value is -2.45. The third-order valence-corrected chi connectivity index (χ3v) is 5.43. The smallest absolute Gasteiger partial charge is 0.338 e. The molecule has 1 aliphatic heterocycles. The number of piperazine rings is 1. The van der Waals surface area contributed by atoms with Gasteiger partial charge in [0.15, 0.2) is 5.11 Å². The summed E-state index contributed by atoms with van der Waals surface area (Å²) in [4.78, 5) is 16.4. The topological polar surface area (TPSA) is 62.6 Å². The summed E-state index contributed by atoms with van der Waals surface area (Å²) in [5.41, 5.74) is 3.81. The molecule has 2 heterocycles. The van der Waals surface area contributed by atoms with E-state index in [-0.39, 0.29) is 5.97 Å². The molecule has 1 aromatic carbocycles. The zero-order valence-corrected chi connectivity index (χ0v) is 18.2. The third-order valence-electron chi connectivity index (χ3n) is 5.07. The van der Waals surface area contributed by atoms with Gasteiger partial charge < -0.3 is 15.0 Å². The van der Waals surface area contributed by atoms with Crippen molar-refractivity contribution in [3.05, 3.63) is 47.3 Å². The van der Waals surface area contributed by atoms with Crippen molar-refractivity contribution in [1.82, 2.24) is 19.6 Å². The van der Waals surface area contributed by atoms with Gasteiger partial charge >= 0.3 is 5.97 Å². The number of carbonyl (C=O) groups is 1. The van der Waals surface area contributed by atoms with Crippen LogP contribution in [0.25, 0.3) is 0 Å². The summed E-state index contributed by atoms with van der Waals surface area (Å²) in [6.45, 7) is 11.9. The molecule has 0 unspecified atom stereocenters. The molecule has 1 N–H and O–H groups in total. The van der Waals surface area contributed by atoms with Crippen molar-refractivity contribution in [3.8, 4) is 0 Å². The zero-order chi connectivity index (χ0) is 20.8. The van der Waals surface area contributed by atoms with Crippen molar-refractivity contribution < 1.29 is 9.53 Å². The van der Waals surface area contributed by atoms with Crippen LogP contribution in [0.1, 0.15) is 35.5 Å². The van der Waals surface area contributed by atoms with Gasteiger partial charge in [0, 0.05) is 56.7 Å². The molecule has 1 aromatic heterocycles. The lowest BCUT2D eigenvalue weighted by molar-refractivity contribution is 0.0526. The number of nitrogens with zero attached hydrogens (tertiary/aromatic N) is 4. The summed E-state index contributed by atoms with van der Waals surface area (Å²) < 4.78 is 7.00. The van der Waals surface area contributed by atoms with Gasteiger partial charge in [-0.25, -0.2) is 4.79 Å². The summed E-state index contributed by atoms with van der Waals surface area (Å²) in [6, 6.07) is 7.20. The van der Waals surface area contributed by atoms with E-state index in [9.17, 15) is 4.79 Å². The molecule has 7 nitrogen and oxygen atoms in total. The minimum atomic E-state index is -0.308. The molecule has 0 spiro atoms. The Morgan fingerprint density at radius 2 is 1.86 bits per heavy atom. The lowest BCUT2D eigenvalue weighted by Gasteiger charge is -2.36. The van der Waals surface area contributed by atoms with Crippen LogP contribution in [-0.2, 0) is 17.8 Å². The second kappa shape index (κ2) is 9.84. The number of hydrogen-bond acceptors (Lipinski definition) is 5. The Bertz CT molecular complexity index is 841. The van der Waals surface area contributed by atoms with Crippen molar-refractivity contribution >= 4 is 29.0 Å². The fourth-order valence-electron chi connectivity index (χ4n) is 3.33. The van der Waals surface area contributed by atoms with Crippen LogP contribution in [0.2, 0.25) is 0 Å². The molecule has 0 saturated carbocycles. The van der Waals surface area contributed by atoms with Crippen LogP contribution in [-0.4, -0.2) is 63.4 Å². The van der Waals surface area contributed by atoms with Gasteiger partial charge in [0.05, 0.1) is 17.9 Å². The highest BCUT2D eigenvalue weighted by Crippen LogP contribution is 2.15. The standard InChI is InChI=1S/C21H29N5O2S/c1-4-26-15-18(16(3)23-26)14-24-10-12-25(13-11-24)21(29)22-19-8-6-17(7-9-19)20(27)28-5-2/h6-9,15H,4-5,10-14H2,1-3H3,(H,22,29). The van der Waals surface area contributed by atoms with Crippen LogP contribution >= 0.6 is 12.2 Å². The fraction of sp³-hybridized carbons (Fsp3) is 0.476. The summed E-state index contributed by atoms with van der Waals surface area (Å²) in [6.07, 6.45) is 2.15. The van der Waals surface area contributed by atoms with E-state index in [2.05, 4.69) is 40.3 Å². The number of carbonyl (C=O) groups excluding carboxylic acids is 1. The number of esters is 1. The number of aryl methyl sites for hydroxylation is 2. The van der Waals surface area contributed by atoms with E-state index in [4.69, 9.17) is 17.0 Å². The Balaban J connectivity index is 1.48. The normalized spacial score (nSPS) is 14.7. The van der Waals surface area contributed by atoms with E-state index in [1.807, 2.05) is 16.8 Å². The fourth-order valence-corrected chi connectivity index (χ4v) is 3.63. The summed E-state index contributed by atoms with van der Waals surface area (Å²) in [5, 5.41) is 8.51. The van der Waals surface area contributed by atoms with E-state index in [1.165, 1.54) is 5.56 Å². The van der Waals surface area contributed by atoms with Gasteiger partial charge in [-0.3, -0.25) is 9.58 Å². The monoisotopic (exact) mass is 415 g/mol. The van der Waals surface area contributed by atoms with E-state index >= 15 is 0 Å². The Labute approximate surface area is 177 Å². The molecule has 3 rings (SSSR count). The number of hydrogen-bond donors (Lipinski definition) is 1. The molecule has 1 aliphatic rings. The number of anilines is 1. The highest BCUT2D eigenvalue weighted by atomic mass is 32.1. The molecule has 0 bridgehead atoms. The van der Waals surface area contributed by atoms with Crippen LogP contribution in [0.4, 0.5) is 5.69 Å². The minimum Gasteiger partial charge on any atom is -0.462 e. The number of ether oxygens (including phenoxy) is 1. The summed E-state index contributed by atoms with van der Waals surface area (Å²) in [5.74, 6) is -0.308. The van der Waals surface area contributed by atoms with Gasteiger partial charge in [0.2, 0.25) is 0 Å². The lowest BCUT2D eigenvalue weighted by atomic mass is 10.2. The molecule has 29 heavy (non-hydrogen) atoms. The van der Waals surface area contributed by atoms with Crippen molar-refractivity contribution in [2.45, 2.75) is 33.9 Å². The highest BCUT2D eigenvalue weighted by Gasteiger charge is 2.20. The summed E-state index contributed by atoms with van der Waals surface area (Å²) in [7, 11) is 0. The van der Waals surface area contributed by atoms with Gasteiger partial charge in [-0.15, -0.1) is 0 Å². The molecule has 1 fully saturated rings. The number of nitrogens with one attached hydrogen (secondary N) is 1. The van der Waals surface area contributed by atoms with Crippen LogP contribution in [0.3, 0.4) is 0 Å². The van der Waals surface area contributed by atoms with Gasteiger partial charge in [-0.1, -0.05) is 0 Å². The zero-order valence-electron chi connectivity index (χ0n) is 17.4. The maximum Gasteiger partial charge on any atom is 0.338 e. The van der Waals surface area contributed by atoms with Crippen molar-refractivity contribution in [1.29, 1.82) is 0 Å². The van der Waals surface area contributed by atoms with E-state index < -0.39 is 0 Å². The van der Waals surface area contributed by atoms with Crippen LogP contribution in [0.5, 0.6) is 0 Å². The largest absolute Gasteiger partial charge is 0.462 e. The number of benzene rings is 1. The second-order valence-electron chi connectivity index (χ2n) is 7.09. The molecule has 156 valence electrons. The minimum absolute atomic E-state index is 0.308. The molecular formula is C21H29N5O2S. The Kier molecular flexibility index (Phi) is 7.22. The Morgan fingerprint density at radius 1 is 1.17 bits per heavy atom. The first-order chi connectivity index (χ1) is 14.0. The molecule has 1 saturated heterocycles. The Morgan fingerprint density at radius 3 is 2.45 bits per heavy atom. The first kappa shape index (κ1) is 21.3. The maximum absolute atomic E-state index is 11.7. The first-order valence-corrected chi connectivity index (χ1v) is 10.5. The van der Waals surface area contributed by atoms with E-state index in [1.54, 1.807) is 19.1 Å². The SMILES string of the molecule is CCOC(=O)c1ccc(NC(=S)N2CCN(Cc3cn(CC)nc3C)CC2)cc1. The number of rotatable bonds is 6. The van der Waals surface area contributed by atoms with Crippen molar-refractivity contribution in [2.24, 2.45) is 0 Å². The van der Waals surface area contributed by atoms with Gasteiger partial charge in [0.1, 0.15) is 0 Å². The van der Waals surface area contributed by atoms with Crippen molar-refractivity contribution in [2.75, 3.05) is 38.1 Å². The van der Waals surface area contributed by atoms with Gasteiger partial charge in [0.25, 0.3) is 0 Å². The summed E-state index contributed by atoms with van der Waals surface area (Å²) >= 11 is 5.58. The van der Waals surface area contributed by atoms with Gasteiger partial charge in [-0.05, 0) is 57.3 Å². The lowest BCUT2D eigenvalue weighted by Crippen LogP contribution is -2.49. The second-order valence-corrected chi connectivity index (χ2v) is 7.47. The highest BCUT2D eigenvalue weighted by molar-refractivity contribution is 7.80. The molecule has 8 heteroatoms. The van der Waals surface area contributed by atoms with E-state index in [0.717, 1.165) is 50.6 Å². The average molecular weight is 416 g/mol. The molecule has 2 aromatic rings. The number of thiocarbonyl (C=S) groups is 1. The predicted octanol–water partition coefficient (Wildman–Crippen LogP) is 2.90. The number of aromatic nitrogens is 2. The molecule has 0 atom stereocenters. The van der Waals surface area contributed by atoms with E-state index in [0.29, 0.717) is 17.3 Å². The third kappa shape index (κ3) is 5.55. The molecule has 0 radical (unpaired) electrons. The first-order valence-electron chi connectivity index (χ1n) is 10.1. The van der Waals surface area contributed by atoms with Crippen LogP contribution < -0.4 is 5.32 Å². The average Bonchev–Trinajstić information content (AvgIpc) is 3.08. The van der Waals surface area contributed by atoms with Crippen LogP contribution in [0.15, 0.2) is 30.5 Å².